The fourth-order valence-corrected chi connectivity index (χ4v) is 3.11. The highest BCUT2D eigenvalue weighted by atomic mass is 32.2. The van der Waals surface area contributed by atoms with E-state index in [4.69, 9.17) is 0 Å². The van der Waals surface area contributed by atoms with Crippen molar-refractivity contribution in [1.82, 2.24) is 9.62 Å². The van der Waals surface area contributed by atoms with Crippen LogP contribution in [-0.4, -0.2) is 43.0 Å². The molecule has 0 radical (unpaired) electrons. The van der Waals surface area contributed by atoms with Gasteiger partial charge in [0, 0.05) is 13.1 Å². The van der Waals surface area contributed by atoms with Crippen LogP contribution in [0.3, 0.4) is 0 Å². The minimum absolute atomic E-state index is 0.244. The van der Waals surface area contributed by atoms with E-state index in [0.717, 1.165) is 23.7 Å². The lowest BCUT2D eigenvalue weighted by Crippen LogP contribution is -2.68. The summed E-state index contributed by atoms with van der Waals surface area (Å²) in [6.07, 6.45) is 2.16. The lowest BCUT2D eigenvalue weighted by Gasteiger charge is -2.43. The third-order valence-corrected chi connectivity index (χ3v) is 5.27. The maximum absolute atomic E-state index is 11.7. The van der Waals surface area contributed by atoms with Gasteiger partial charge in [0.05, 0.1) is 0 Å². The zero-order chi connectivity index (χ0) is 12.4. The van der Waals surface area contributed by atoms with Crippen LogP contribution >= 0.6 is 0 Å². The van der Waals surface area contributed by atoms with E-state index in [0.29, 0.717) is 6.54 Å². The second-order valence-electron chi connectivity index (χ2n) is 4.50. The lowest BCUT2D eigenvalue weighted by molar-refractivity contribution is -0.132. The van der Waals surface area contributed by atoms with Crippen molar-refractivity contribution in [3.63, 3.8) is 0 Å². The second kappa shape index (κ2) is 4.71. The summed E-state index contributed by atoms with van der Waals surface area (Å²) in [5.41, 5.74) is 0. The number of sulfonamides is 1. The van der Waals surface area contributed by atoms with E-state index in [1.807, 2.05) is 0 Å². The summed E-state index contributed by atoms with van der Waals surface area (Å²) in [4.78, 5) is 11.5. The Hall–Kier alpha value is -0.620. The molecule has 1 saturated heterocycles. The zero-order valence-corrected chi connectivity index (χ0v) is 10.9. The van der Waals surface area contributed by atoms with Crippen LogP contribution < -0.4 is 5.32 Å². The Morgan fingerprint density at radius 1 is 1.31 bits per heavy atom. The zero-order valence-electron chi connectivity index (χ0n) is 10.1. The molecule has 1 amide bonds. The molecule has 0 saturated carbocycles. The first-order valence-electron chi connectivity index (χ1n) is 5.63. The van der Waals surface area contributed by atoms with Gasteiger partial charge in [-0.2, -0.15) is 0 Å². The van der Waals surface area contributed by atoms with Crippen molar-refractivity contribution in [2.24, 2.45) is 0 Å². The summed E-state index contributed by atoms with van der Waals surface area (Å²) in [6, 6.07) is 0. The Morgan fingerprint density at radius 2 is 1.94 bits per heavy atom. The molecule has 0 bridgehead atoms. The summed E-state index contributed by atoms with van der Waals surface area (Å²) in [5.74, 6) is -0.301. The summed E-state index contributed by atoms with van der Waals surface area (Å²) in [7, 11) is -3.40. The van der Waals surface area contributed by atoms with Crippen LogP contribution in [0.5, 0.6) is 0 Å². The van der Waals surface area contributed by atoms with E-state index in [1.165, 1.54) is 13.8 Å². The number of hydrogen-bond donors (Lipinski definition) is 1. The van der Waals surface area contributed by atoms with Crippen LogP contribution in [0.2, 0.25) is 0 Å². The summed E-state index contributed by atoms with van der Waals surface area (Å²) >= 11 is 0. The van der Waals surface area contributed by atoms with Gasteiger partial charge in [-0.25, -0.2) is 12.7 Å². The maximum Gasteiger partial charge on any atom is 0.258 e. The molecule has 0 unspecified atom stereocenters. The minimum Gasteiger partial charge on any atom is -0.315 e. The number of unbranched alkanes of at least 4 members (excludes halogenated alkanes) is 1. The van der Waals surface area contributed by atoms with Crippen molar-refractivity contribution in [1.29, 1.82) is 0 Å². The van der Waals surface area contributed by atoms with Gasteiger partial charge in [0.25, 0.3) is 15.9 Å². The average Bonchev–Trinajstić information content (AvgIpc) is 2.22. The van der Waals surface area contributed by atoms with Gasteiger partial charge in [0.2, 0.25) is 0 Å². The minimum atomic E-state index is -3.40. The molecule has 1 rings (SSSR count). The van der Waals surface area contributed by atoms with Crippen molar-refractivity contribution in [3.05, 3.63) is 0 Å². The average molecular weight is 248 g/mol. The van der Waals surface area contributed by atoms with E-state index >= 15 is 0 Å². The van der Waals surface area contributed by atoms with Crippen LogP contribution in [0.15, 0.2) is 0 Å². The van der Waals surface area contributed by atoms with Gasteiger partial charge in [-0.1, -0.05) is 13.3 Å². The van der Waals surface area contributed by atoms with E-state index < -0.39 is 14.8 Å². The summed E-state index contributed by atoms with van der Waals surface area (Å²) in [5, 5.41) is 3.11. The van der Waals surface area contributed by atoms with Gasteiger partial charge < -0.3 is 5.32 Å². The summed E-state index contributed by atoms with van der Waals surface area (Å²) in [6.45, 7) is 6.63. The van der Waals surface area contributed by atoms with Gasteiger partial charge in [-0.15, -0.1) is 0 Å². The largest absolute Gasteiger partial charge is 0.315 e. The number of nitrogens with zero attached hydrogens (tertiary/aromatic N) is 1. The van der Waals surface area contributed by atoms with Crippen LogP contribution in [0.25, 0.3) is 0 Å². The number of carbonyl (C=O) groups excluding carboxylic acids is 1. The van der Waals surface area contributed by atoms with Gasteiger partial charge >= 0.3 is 0 Å². The lowest BCUT2D eigenvalue weighted by atomic mass is 10.2. The van der Waals surface area contributed by atoms with Crippen LogP contribution in [0.4, 0.5) is 0 Å². The predicted molar refractivity (Wildman–Crippen MR) is 62.5 cm³/mol. The quantitative estimate of drug-likeness (QED) is 0.688. The number of carbonyl (C=O) groups is 1. The SMILES string of the molecule is CCCCNCCN1C(=O)C(C)(C)S1(=O)=O. The third kappa shape index (κ3) is 2.08. The van der Waals surface area contributed by atoms with Crippen molar-refractivity contribution in [3.8, 4) is 0 Å². The molecule has 1 heterocycles. The molecular formula is C10H20N2O3S. The molecular weight excluding hydrogens is 228 g/mol. The smallest absolute Gasteiger partial charge is 0.258 e. The topological polar surface area (TPSA) is 66.5 Å². The fraction of sp³-hybridized carbons (Fsp3) is 0.900. The Balaban J connectivity index is 2.38. The van der Waals surface area contributed by atoms with Gasteiger partial charge in [-0.3, -0.25) is 4.79 Å². The molecule has 5 nitrogen and oxygen atoms in total. The van der Waals surface area contributed by atoms with Crippen molar-refractivity contribution < 1.29 is 13.2 Å². The molecule has 1 N–H and O–H groups in total. The molecule has 16 heavy (non-hydrogen) atoms. The first-order valence-corrected chi connectivity index (χ1v) is 7.07. The van der Waals surface area contributed by atoms with E-state index in [2.05, 4.69) is 12.2 Å². The number of nitrogens with one attached hydrogen (secondary N) is 1. The van der Waals surface area contributed by atoms with Crippen LogP contribution in [0.1, 0.15) is 33.6 Å². The highest BCUT2D eigenvalue weighted by molar-refractivity contribution is 7.94. The van der Waals surface area contributed by atoms with Crippen molar-refractivity contribution in [2.45, 2.75) is 38.4 Å². The monoisotopic (exact) mass is 248 g/mol. The molecule has 0 aromatic heterocycles. The van der Waals surface area contributed by atoms with Gasteiger partial charge in [0.15, 0.2) is 4.75 Å². The maximum atomic E-state index is 11.7. The molecule has 0 spiro atoms. The Labute approximate surface area is 97.2 Å². The molecule has 1 aliphatic rings. The Kier molecular flexibility index (Phi) is 3.96. The number of hydrogen-bond acceptors (Lipinski definition) is 4. The van der Waals surface area contributed by atoms with Crippen molar-refractivity contribution >= 4 is 15.9 Å². The molecule has 0 atom stereocenters. The number of amides is 1. The van der Waals surface area contributed by atoms with Crippen LogP contribution in [-0.2, 0) is 14.8 Å². The van der Waals surface area contributed by atoms with E-state index in [9.17, 15) is 13.2 Å². The fourth-order valence-electron chi connectivity index (χ4n) is 1.59. The predicted octanol–water partition coefficient (Wildman–Crippen LogP) is 0.327. The first kappa shape index (κ1) is 13.4. The Bertz CT molecular complexity index is 362. The van der Waals surface area contributed by atoms with Gasteiger partial charge in [-0.05, 0) is 26.8 Å². The number of rotatable bonds is 6. The van der Waals surface area contributed by atoms with E-state index in [1.54, 1.807) is 0 Å². The first-order chi connectivity index (χ1) is 7.35. The Morgan fingerprint density at radius 3 is 2.44 bits per heavy atom. The molecule has 1 fully saturated rings. The summed E-state index contributed by atoms with van der Waals surface area (Å²) < 4.78 is 23.1. The molecule has 0 aromatic rings. The molecule has 94 valence electrons. The second-order valence-corrected chi connectivity index (χ2v) is 6.91. The highest BCUT2D eigenvalue weighted by Gasteiger charge is 2.59. The van der Waals surface area contributed by atoms with Gasteiger partial charge in [0.1, 0.15) is 0 Å². The molecule has 6 heteroatoms. The van der Waals surface area contributed by atoms with E-state index in [-0.39, 0.29) is 12.5 Å². The molecule has 0 aliphatic carbocycles. The highest BCUT2D eigenvalue weighted by Crippen LogP contribution is 2.34. The normalized spacial score (nSPS) is 21.9. The van der Waals surface area contributed by atoms with Crippen LogP contribution in [0, 0.1) is 0 Å². The standard InChI is InChI=1S/C10H20N2O3S/c1-4-5-6-11-7-8-12-9(13)10(2,3)16(12,14)15/h11H,4-8H2,1-3H3. The molecule has 1 aliphatic heterocycles. The molecule has 0 aromatic carbocycles. The third-order valence-electron chi connectivity index (χ3n) is 2.88. The van der Waals surface area contributed by atoms with Crippen molar-refractivity contribution in [2.75, 3.05) is 19.6 Å².